The number of benzene rings is 2. The molecular formula is C19H21NO5. The van der Waals surface area contributed by atoms with E-state index in [9.17, 15) is 4.79 Å². The average molecular weight is 343 g/mol. The van der Waals surface area contributed by atoms with E-state index in [2.05, 4.69) is 5.32 Å². The zero-order chi connectivity index (χ0) is 18.0. The Labute approximate surface area is 146 Å². The number of rotatable bonds is 5. The molecule has 1 aliphatic rings. The van der Waals surface area contributed by atoms with Crippen LogP contribution in [0.4, 0.5) is 5.69 Å². The van der Waals surface area contributed by atoms with Gasteiger partial charge in [0.1, 0.15) is 11.5 Å². The first kappa shape index (κ1) is 17.0. The molecule has 0 saturated heterocycles. The first-order valence-corrected chi connectivity index (χ1v) is 7.89. The van der Waals surface area contributed by atoms with Gasteiger partial charge in [-0.15, -0.1) is 0 Å². The number of amides is 1. The molecule has 1 amide bonds. The Bertz CT molecular complexity index is 803. The molecule has 0 bridgehead atoms. The second-order valence-corrected chi connectivity index (χ2v) is 5.71. The van der Waals surface area contributed by atoms with Gasteiger partial charge >= 0.3 is 0 Å². The van der Waals surface area contributed by atoms with Crippen LogP contribution >= 0.6 is 0 Å². The van der Waals surface area contributed by atoms with E-state index < -0.39 is 0 Å². The highest BCUT2D eigenvalue weighted by Gasteiger charge is 2.30. The molecule has 1 N–H and O–H groups in total. The average Bonchev–Trinajstić information content (AvgIpc) is 2.65. The maximum Gasteiger partial charge on any atom is 0.225 e. The van der Waals surface area contributed by atoms with Gasteiger partial charge in [-0.1, -0.05) is 0 Å². The Morgan fingerprint density at radius 3 is 2.16 bits per heavy atom. The highest BCUT2D eigenvalue weighted by Crippen LogP contribution is 2.45. The smallest absolute Gasteiger partial charge is 0.225 e. The summed E-state index contributed by atoms with van der Waals surface area (Å²) >= 11 is 0. The van der Waals surface area contributed by atoms with Crippen molar-refractivity contribution in [1.29, 1.82) is 0 Å². The second-order valence-electron chi connectivity index (χ2n) is 5.71. The quantitative estimate of drug-likeness (QED) is 0.903. The van der Waals surface area contributed by atoms with Gasteiger partial charge in [0.2, 0.25) is 5.91 Å². The van der Waals surface area contributed by atoms with Crippen LogP contribution in [-0.4, -0.2) is 34.3 Å². The summed E-state index contributed by atoms with van der Waals surface area (Å²) in [5, 5.41) is 2.91. The minimum atomic E-state index is -0.173. The molecule has 0 aliphatic carbocycles. The van der Waals surface area contributed by atoms with Crippen molar-refractivity contribution in [2.75, 3.05) is 33.8 Å². The number of hydrogen-bond donors (Lipinski definition) is 1. The van der Waals surface area contributed by atoms with Crippen LogP contribution in [0, 0.1) is 0 Å². The lowest BCUT2D eigenvalue weighted by atomic mass is 9.84. The maximum absolute atomic E-state index is 12.3. The highest BCUT2D eigenvalue weighted by molar-refractivity contribution is 5.96. The normalized spacial score (nSPS) is 15.8. The maximum atomic E-state index is 12.3. The highest BCUT2D eigenvalue weighted by atomic mass is 16.5. The molecule has 1 heterocycles. The number of ether oxygens (including phenoxy) is 4. The van der Waals surface area contributed by atoms with Gasteiger partial charge in [0.05, 0.1) is 28.4 Å². The van der Waals surface area contributed by atoms with Crippen molar-refractivity contribution < 1.29 is 23.7 Å². The zero-order valence-corrected chi connectivity index (χ0v) is 14.7. The van der Waals surface area contributed by atoms with E-state index in [1.807, 2.05) is 24.3 Å². The molecule has 0 radical (unpaired) electrons. The molecule has 6 nitrogen and oxygen atoms in total. The van der Waals surface area contributed by atoms with Crippen molar-refractivity contribution in [3.63, 3.8) is 0 Å². The zero-order valence-electron chi connectivity index (χ0n) is 14.7. The largest absolute Gasteiger partial charge is 0.497 e. The summed E-state index contributed by atoms with van der Waals surface area (Å²) in [6.07, 6.45) is 0.312. The number of carbonyl (C=O) groups excluding carboxylic acids is 1. The van der Waals surface area contributed by atoms with Gasteiger partial charge in [0, 0.05) is 29.7 Å². The van der Waals surface area contributed by atoms with Crippen molar-refractivity contribution in [2.45, 2.75) is 12.3 Å². The van der Waals surface area contributed by atoms with E-state index in [1.165, 1.54) is 0 Å². The number of nitrogens with one attached hydrogen (secondary N) is 1. The van der Waals surface area contributed by atoms with Crippen molar-refractivity contribution in [3.05, 3.63) is 41.5 Å². The topological polar surface area (TPSA) is 66.0 Å². The summed E-state index contributed by atoms with van der Waals surface area (Å²) in [5.74, 6) is 2.37. The van der Waals surface area contributed by atoms with E-state index in [0.717, 1.165) is 11.1 Å². The molecule has 2 aromatic rings. The first-order chi connectivity index (χ1) is 12.1. The molecule has 0 spiro atoms. The SMILES string of the molecule is COc1ccc(OC)c([C@@H]2CC(=O)Nc3cc(OC)c(OC)cc32)c1. The second kappa shape index (κ2) is 6.93. The molecule has 0 unspecified atom stereocenters. The fourth-order valence-corrected chi connectivity index (χ4v) is 3.18. The van der Waals surface area contributed by atoms with Crippen LogP contribution in [0.3, 0.4) is 0 Å². The fraction of sp³-hybridized carbons (Fsp3) is 0.316. The van der Waals surface area contributed by atoms with Crippen LogP contribution in [0.2, 0.25) is 0 Å². The van der Waals surface area contributed by atoms with Crippen molar-refractivity contribution in [2.24, 2.45) is 0 Å². The third kappa shape index (κ3) is 3.07. The van der Waals surface area contributed by atoms with Gasteiger partial charge in [-0.3, -0.25) is 4.79 Å². The molecule has 1 atom stereocenters. The molecule has 1 aliphatic heterocycles. The number of carbonyl (C=O) groups is 1. The van der Waals surface area contributed by atoms with E-state index in [1.54, 1.807) is 34.5 Å². The third-order valence-corrected chi connectivity index (χ3v) is 4.41. The van der Waals surface area contributed by atoms with Gasteiger partial charge in [-0.2, -0.15) is 0 Å². The number of methoxy groups -OCH3 is 4. The van der Waals surface area contributed by atoms with E-state index in [4.69, 9.17) is 18.9 Å². The van der Waals surface area contributed by atoms with Crippen LogP contribution in [0.25, 0.3) is 0 Å². The lowest BCUT2D eigenvalue weighted by Gasteiger charge is -2.28. The summed E-state index contributed by atoms with van der Waals surface area (Å²) < 4.78 is 21.6. The third-order valence-electron chi connectivity index (χ3n) is 4.41. The minimum absolute atomic E-state index is 0.0606. The van der Waals surface area contributed by atoms with Crippen LogP contribution in [0.5, 0.6) is 23.0 Å². The molecule has 0 fully saturated rings. The predicted molar refractivity (Wildman–Crippen MR) is 94.2 cm³/mol. The Morgan fingerprint density at radius 1 is 0.840 bits per heavy atom. The van der Waals surface area contributed by atoms with E-state index >= 15 is 0 Å². The van der Waals surface area contributed by atoms with Crippen LogP contribution in [0.1, 0.15) is 23.5 Å². The Kier molecular flexibility index (Phi) is 4.70. The molecule has 0 aromatic heterocycles. The van der Waals surface area contributed by atoms with Crippen molar-refractivity contribution in [3.8, 4) is 23.0 Å². The molecule has 132 valence electrons. The molecule has 3 rings (SSSR count). The Hall–Kier alpha value is -2.89. The fourth-order valence-electron chi connectivity index (χ4n) is 3.18. The Balaban J connectivity index is 2.18. The molecule has 25 heavy (non-hydrogen) atoms. The van der Waals surface area contributed by atoms with Gasteiger partial charge < -0.3 is 24.3 Å². The van der Waals surface area contributed by atoms with Crippen LogP contribution in [0.15, 0.2) is 30.3 Å². The standard InChI is InChI=1S/C19H21NO5/c1-22-11-5-6-16(23-2)14(7-11)12-9-19(21)20-15-10-18(25-4)17(24-3)8-13(12)15/h5-8,10,12H,9H2,1-4H3,(H,20,21)/t12-/m1/s1. The summed E-state index contributed by atoms with van der Waals surface area (Å²) in [7, 11) is 6.38. The lowest BCUT2D eigenvalue weighted by molar-refractivity contribution is -0.116. The van der Waals surface area contributed by atoms with E-state index in [0.29, 0.717) is 35.1 Å². The Morgan fingerprint density at radius 2 is 1.52 bits per heavy atom. The van der Waals surface area contributed by atoms with E-state index in [-0.39, 0.29) is 11.8 Å². The minimum Gasteiger partial charge on any atom is -0.497 e. The summed E-state index contributed by atoms with van der Waals surface area (Å²) in [4.78, 5) is 12.3. The number of anilines is 1. The van der Waals surface area contributed by atoms with Gasteiger partial charge in [-0.25, -0.2) is 0 Å². The van der Waals surface area contributed by atoms with Crippen LogP contribution < -0.4 is 24.3 Å². The monoisotopic (exact) mass is 343 g/mol. The van der Waals surface area contributed by atoms with Gasteiger partial charge in [-0.05, 0) is 29.8 Å². The molecular weight excluding hydrogens is 322 g/mol. The molecule has 0 saturated carbocycles. The first-order valence-electron chi connectivity index (χ1n) is 7.89. The van der Waals surface area contributed by atoms with Crippen molar-refractivity contribution >= 4 is 11.6 Å². The van der Waals surface area contributed by atoms with Gasteiger partial charge in [0.25, 0.3) is 0 Å². The summed E-state index contributed by atoms with van der Waals surface area (Å²) in [5.41, 5.74) is 2.55. The predicted octanol–water partition coefficient (Wildman–Crippen LogP) is 3.20. The summed E-state index contributed by atoms with van der Waals surface area (Å²) in [6.45, 7) is 0. The number of fused-ring (bicyclic) bond motifs is 1. The van der Waals surface area contributed by atoms with Crippen molar-refractivity contribution in [1.82, 2.24) is 0 Å². The number of hydrogen-bond acceptors (Lipinski definition) is 5. The molecule has 6 heteroatoms. The van der Waals surface area contributed by atoms with Crippen LogP contribution in [-0.2, 0) is 4.79 Å². The van der Waals surface area contributed by atoms with Gasteiger partial charge in [0.15, 0.2) is 11.5 Å². The lowest BCUT2D eigenvalue weighted by Crippen LogP contribution is -2.24. The molecule has 2 aromatic carbocycles. The summed E-state index contributed by atoms with van der Waals surface area (Å²) in [6, 6.07) is 9.27.